The van der Waals surface area contributed by atoms with Gasteiger partial charge in [0.2, 0.25) is 10.0 Å². The lowest BCUT2D eigenvalue weighted by Gasteiger charge is -1.90. The minimum absolute atomic E-state index is 0.0567. The van der Waals surface area contributed by atoms with E-state index in [0.717, 1.165) is 6.26 Å². The molecule has 0 saturated heterocycles. The van der Waals surface area contributed by atoms with Crippen molar-refractivity contribution in [1.82, 2.24) is 4.72 Å². The van der Waals surface area contributed by atoms with Gasteiger partial charge in [0.15, 0.2) is 0 Å². The first kappa shape index (κ1) is 7.20. The number of rotatable bonds is 2. The van der Waals surface area contributed by atoms with Crippen LogP contribution in [0.4, 0.5) is 0 Å². The number of nitrogens with one attached hydrogen (secondary N) is 1. The fraction of sp³-hybridized carbons (Fsp3) is 1.00. The van der Waals surface area contributed by atoms with Gasteiger partial charge < -0.3 is 0 Å². The van der Waals surface area contributed by atoms with E-state index in [-0.39, 0.29) is 6.00 Å². The number of hydrogen-bond donors (Lipinski definition) is 1. The molecule has 7 heavy (non-hydrogen) atoms. The summed E-state index contributed by atoms with van der Waals surface area (Å²) in [6, 6.07) is -0.0567. The summed E-state index contributed by atoms with van der Waals surface area (Å²) in [5.41, 5.74) is 0. The molecule has 0 amide bonds. The normalized spacial score (nSPS) is 11.7. The molecule has 0 atom stereocenters. The van der Waals surface area contributed by atoms with E-state index >= 15 is 0 Å². The van der Waals surface area contributed by atoms with Gasteiger partial charge in [-0.2, -0.15) is 0 Å². The Kier molecular flexibility index (Phi) is 2.56. The summed E-state index contributed by atoms with van der Waals surface area (Å²) in [6.07, 6.45) is 1.05. The zero-order valence-corrected chi connectivity index (χ0v) is 5.38. The maximum Gasteiger partial charge on any atom is 0.209 e. The van der Waals surface area contributed by atoms with Crippen LogP contribution in [0.5, 0.6) is 0 Å². The molecule has 0 bridgehead atoms. The Morgan fingerprint density at radius 2 is 2.14 bits per heavy atom. The third kappa shape index (κ3) is 6.20. The van der Waals surface area contributed by atoms with Gasteiger partial charge in [-0.1, -0.05) is 0 Å². The SMILES string of the molecule is CS(=O)(=O)NCCl. The summed E-state index contributed by atoms with van der Waals surface area (Å²) in [6.45, 7) is 0. The van der Waals surface area contributed by atoms with Gasteiger partial charge in [0.05, 0.1) is 12.3 Å². The van der Waals surface area contributed by atoms with Gasteiger partial charge in [-0.3, -0.25) is 0 Å². The molecular formula is C2H6ClNO2S. The van der Waals surface area contributed by atoms with E-state index < -0.39 is 10.0 Å². The molecule has 0 aliphatic heterocycles. The van der Waals surface area contributed by atoms with Gasteiger partial charge >= 0.3 is 0 Å². The van der Waals surface area contributed by atoms with E-state index in [1.165, 1.54) is 0 Å². The Bertz CT molecular complexity index is 129. The Balaban J connectivity index is 3.60. The average molecular weight is 144 g/mol. The zero-order chi connectivity index (χ0) is 5.91. The van der Waals surface area contributed by atoms with Gasteiger partial charge in [-0.05, 0) is 0 Å². The third-order valence-electron chi connectivity index (χ3n) is 0.317. The lowest BCUT2D eigenvalue weighted by molar-refractivity contribution is 0.593. The number of halogens is 1. The predicted octanol–water partition coefficient (Wildman–Crippen LogP) is -0.268. The molecule has 0 aromatic heterocycles. The van der Waals surface area contributed by atoms with Crippen molar-refractivity contribution < 1.29 is 8.42 Å². The Hall–Kier alpha value is 0.200. The molecule has 5 heteroatoms. The van der Waals surface area contributed by atoms with Gasteiger partial charge in [-0.15, -0.1) is 11.6 Å². The molecule has 44 valence electrons. The Morgan fingerprint density at radius 3 is 2.14 bits per heavy atom. The molecule has 0 spiro atoms. The molecule has 0 saturated carbocycles. The first-order valence-electron chi connectivity index (χ1n) is 1.57. The van der Waals surface area contributed by atoms with Crippen LogP contribution < -0.4 is 4.72 Å². The van der Waals surface area contributed by atoms with Crippen molar-refractivity contribution in [2.45, 2.75) is 0 Å². The van der Waals surface area contributed by atoms with E-state index in [1.54, 1.807) is 0 Å². The van der Waals surface area contributed by atoms with Crippen LogP contribution in [-0.4, -0.2) is 20.7 Å². The molecular weight excluding hydrogens is 138 g/mol. The highest BCUT2D eigenvalue weighted by Crippen LogP contribution is 1.73. The molecule has 0 aromatic carbocycles. The second kappa shape index (κ2) is 2.49. The number of hydrogen-bond acceptors (Lipinski definition) is 2. The van der Waals surface area contributed by atoms with Crippen molar-refractivity contribution in [3.8, 4) is 0 Å². The molecule has 0 aliphatic rings. The van der Waals surface area contributed by atoms with Gasteiger partial charge in [0.25, 0.3) is 0 Å². The topological polar surface area (TPSA) is 46.2 Å². The fourth-order valence-electron chi connectivity index (χ4n) is 0.0991. The molecule has 0 rings (SSSR count). The summed E-state index contributed by atoms with van der Waals surface area (Å²) in [5, 5.41) is 0. The van der Waals surface area contributed by atoms with E-state index in [1.807, 2.05) is 4.72 Å². The highest BCUT2D eigenvalue weighted by molar-refractivity contribution is 7.88. The second-order valence-electron chi connectivity index (χ2n) is 1.05. The highest BCUT2D eigenvalue weighted by Gasteiger charge is 1.93. The summed E-state index contributed by atoms with van der Waals surface area (Å²) in [4.78, 5) is 0. The minimum atomic E-state index is -3.06. The number of alkyl halides is 1. The van der Waals surface area contributed by atoms with Gasteiger partial charge in [0, 0.05) is 0 Å². The fourth-order valence-corrected chi connectivity index (χ4v) is 0.892. The standard InChI is InChI=1S/C2H6ClNO2S/c1-7(5,6)4-2-3/h4H,2H2,1H3. The smallest absolute Gasteiger partial charge is 0.209 e. The molecule has 3 nitrogen and oxygen atoms in total. The second-order valence-corrected chi connectivity index (χ2v) is 3.15. The molecule has 0 aromatic rings. The van der Waals surface area contributed by atoms with E-state index in [9.17, 15) is 8.42 Å². The summed E-state index contributed by atoms with van der Waals surface area (Å²) >= 11 is 5.00. The molecule has 0 fully saturated rings. The zero-order valence-electron chi connectivity index (χ0n) is 3.81. The Morgan fingerprint density at radius 1 is 1.71 bits per heavy atom. The van der Waals surface area contributed by atoms with E-state index in [0.29, 0.717) is 0 Å². The summed E-state index contributed by atoms with van der Waals surface area (Å²) < 4.78 is 22.1. The van der Waals surface area contributed by atoms with Crippen molar-refractivity contribution in [2.24, 2.45) is 0 Å². The van der Waals surface area contributed by atoms with Crippen LogP contribution in [0.2, 0.25) is 0 Å². The molecule has 0 unspecified atom stereocenters. The number of sulfonamides is 1. The molecule has 1 N–H and O–H groups in total. The minimum Gasteiger partial charge on any atom is -0.213 e. The third-order valence-corrected chi connectivity index (χ3v) is 1.28. The van der Waals surface area contributed by atoms with Crippen LogP contribution >= 0.6 is 11.6 Å². The highest BCUT2D eigenvalue weighted by atomic mass is 35.5. The lowest BCUT2D eigenvalue weighted by atomic mass is 11.6. The molecule has 0 radical (unpaired) electrons. The van der Waals surface area contributed by atoms with Crippen LogP contribution in [0, 0.1) is 0 Å². The maximum absolute atomic E-state index is 10.0. The van der Waals surface area contributed by atoms with Crippen LogP contribution in [0.25, 0.3) is 0 Å². The van der Waals surface area contributed by atoms with Crippen LogP contribution in [-0.2, 0) is 10.0 Å². The van der Waals surface area contributed by atoms with Crippen LogP contribution in [0.3, 0.4) is 0 Å². The largest absolute Gasteiger partial charge is 0.213 e. The summed E-state index contributed by atoms with van der Waals surface area (Å²) in [7, 11) is -3.06. The van der Waals surface area contributed by atoms with Crippen molar-refractivity contribution in [2.75, 3.05) is 12.3 Å². The first-order valence-corrected chi connectivity index (χ1v) is 3.99. The van der Waals surface area contributed by atoms with Crippen molar-refractivity contribution in [3.05, 3.63) is 0 Å². The van der Waals surface area contributed by atoms with Crippen LogP contribution in [0.1, 0.15) is 0 Å². The van der Waals surface area contributed by atoms with Gasteiger partial charge in [-0.25, -0.2) is 13.1 Å². The maximum atomic E-state index is 10.0. The van der Waals surface area contributed by atoms with E-state index in [4.69, 9.17) is 11.6 Å². The molecule has 0 heterocycles. The molecule has 0 aliphatic carbocycles. The van der Waals surface area contributed by atoms with Crippen molar-refractivity contribution in [3.63, 3.8) is 0 Å². The Labute approximate surface area is 47.7 Å². The predicted molar refractivity (Wildman–Crippen MR) is 28.7 cm³/mol. The van der Waals surface area contributed by atoms with E-state index in [2.05, 4.69) is 0 Å². The van der Waals surface area contributed by atoms with Crippen LogP contribution in [0.15, 0.2) is 0 Å². The first-order chi connectivity index (χ1) is 3.06. The van der Waals surface area contributed by atoms with Gasteiger partial charge in [0.1, 0.15) is 0 Å². The van der Waals surface area contributed by atoms with Crippen molar-refractivity contribution >= 4 is 21.6 Å². The average Bonchev–Trinajstić information content (AvgIpc) is 1.30. The van der Waals surface area contributed by atoms with Crippen molar-refractivity contribution in [1.29, 1.82) is 0 Å². The monoisotopic (exact) mass is 143 g/mol. The summed E-state index contributed by atoms with van der Waals surface area (Å²) in [5.74, 6) is 0. The quantitative estimate of drug-likeness (QED) is 0.428. The lowest BCUT2D eigenvalue weighted by Crippen LogP contribution is -2.19.